The van der Waals surface area contributed by atoms with Gasteiger partial charge in [0.15, 0.2) is 0 Å². The molecule has 0 fully saturated rings. The highest BCUT2D eigenvalue weighted by Crippen LogP contribution is 2.35. The molecule has 0 unspecified atom stereocenters. The summed E-state index contributed by atoms with van der Waals surface area (Å²) in [6.07, 6.45) is 0. The van der Waals surface area contributed by atoms with Crippen molar-refractivity contribution in [2.75, 3.05) is 0 Å². The van der Waals surface area contributed by atoms with Crippen LogP contribution in [-0.4, -0.2) is 4.92 Å². The third kappa shape index (κ3) is 2.33. The smallest absolute Gasteiger partial charge is 0.258 e. The molecule has 0 aromatic heterocycles. The van der Waals surface area contributed by atoms with Gasteiger partial charge in [0.25, 0.3) is 5.69 Å². The quantitative estimate of drug-likeness (QED) is 0.582. The van der Waals surface area contributed by atoms with Crippen LogP contribution in [0.15, 0.2) is 36.4 Å². The molecule has 0 amide bonds. The highest BCUT2D eigenvalue weighted by Gasteiger charge is 2.16. The lowest BCUT2D eigenvalue weighted by Crippen LogP contribution is -1.93. The lowest BCUT2D eigenvalue weighted by Gasteiger charge is -2.07. The van der Waals surface area contributed by atoms with Gasteiger partial charge in [-0.25, -0.2) is 0 Å². The molecule has 0 radical (unpaired) electrons. The molecular weight excluding hydrogens is 273 g/mol. The third-order valence-electron chi connectivity index (χ3n) is 2.71. The number of nitro benzene ring substituents is 1. The van der Waals surface area contributed by atoms with Gasteiger partial charge in [0.2, 0.25) is 0 Å². The number of nitro groups is 1. The largest absolute Gasteiger partial charge is 0.273 e. The molecule has 0 saturated carbocycles. The van der Waals surface area contributed by atoms with Crippen molar-refractivity contribution in [2.45, 2.75) is 6.92 Å². The molecule has 3 nitrogen and oxygen atoms in total. The maximum atomic E-state index is 10.8. The van der Waals surface area contributed by atoms with Crippen molar-refractivity contribution in [1.82, 2.24) is 0 Å². The average Bonchev–Trinajstić information content (AvgIpc) is 2.33. The Morgan fingerprint density at radius 2 is 1.67 bits per heavy atom. The lowest BCUT2D eigenvalue weighted by molar-refractivity contribution is -0.385. The van der Waals surface area contributed by atoms with E-state index in [1.54, 1.807) is 25.1 Å². The minimum absolute atomic E-state index is 0.0257. The van der Waals surface area contributed by atoms with Gasteiger partial charge in [-0.05, 0) is 30.7 Å². The SMILES string of the molecule is Cc1c([N+](=O)[O-])ccc(-c2ccc(Cl)cc2)c1Cl. The van der Waals surface area contributed by atoms with Crippen molar-refractivity contribution in [3.8, 4) is 11.1 Å². The molecule has 2 aromatic carbocycles. The highest BCUT2D eigenvalue weighted by molar-refractivity contribution is 6.34. The zero-order valence-electron chi connectivity index (χ0n) is 9.48. The van der Waals surface area contributed by atoms with Gasteiger partial charge < -0.3 is 0 Å². The topological polar surface area (TPSA) is 43.1 Å². The molecule has 5 heteroatoms. The molecule has 0 saturated heterocycles. The standard InChI is InChI=1S/C13H9Cl2NO2/c1-8-12(16(17)18)7-6-11(13(8)15)9-2-4-10(14)5-3-9/h2-7H,1H3. The van der Waals surface area contributed by atoms with Crippen LogP contribution in [0.2, 0.25) is 10.0 Å². The molecule has 2 rings (SSSR count). The number of hydrogen-bond acceptors (Lipinski definition) is 2. The first-order valence-corrected chi connectivity index (χ1v) is 5.95. The Morgan fingerprint density at radius 1 is 1.06 bits per heavy atom. The maximum Gasteiger partial charge on any atom is 0.273 e. The molecule has 0 N–H and O–H groups in total. The zero-order chi connectivity index (χ0) is 13.3. The summed E-state index contributed by atoms with van der Waals surface area (Å²) in [6.45, 7) is 1.64. The van der Waals surface area contributed by atoms with Crippen molar-refractivity contribution < 1.29 is 4.92 Å². The Balaban J connectivity index is 2.57. The molecule has 0 aliphatic carbocycles. The van der Waals surface area contributed by atoms with Crippen LogP contribution in [0.5, 0.6) is 0 Å². The summed E-state index contributed by atoms with van der Waals surface area (Å²) in [4.78, 5) is 10.4. The molecule has 92 valence electrons. The molecule has 0 atom stereocenters. The number of halogens is 2. The minimum atomic E-state index is -0.438. The molecular formula is C13H9Cl2NO2. The fourth-order valence-electron chi connectivity index (χ4n) is 1.73. The number of rotatable bonds is 2. The highest BCUT2D eigenvalue weighted by atomic mass is 35.5. The van der Waals surface area contributed by atoms with Gasteiger partial charge >= 0.3 is 0 Å². The normalized spacial score (nSPS) is 10.4. The van der Waals surface area contributed by atoms with Gasteiger partial charge in [-0.15, -0.1) is 0 Å². The minimum Gasteiger partial charge on any atom is -0.258 e. The molecule has 2 aromatic rings. The fourth-order valence-corrected chi connectivity index (χ4v) is 2.12. The van der Waals surface area contributed by atoms with E-state index >= 15 is 0 Å². The van der Waals surface area contributed by atoms with Gasteiger partial charge in [0, 0.05) is 22.2 Å². The molecule has 0 aliphatic rings. The Hall–Kier alpha value is -1.58. The van der Waals surface area contributed by atoms with Crippen LogP contribution in [-0.2, 0) is 0 Å². The fraction of sp³-hybridized carbons (Fsp3) is 0.0769. The van der Waals surface area contributed by atoms with Crippen LogP contribution in [0.1, 0.15) is 5.56 Å². The Labute approximate surface area is 114 Å². The summed E-state index contributed by atoms with van der Waals surface area (Å²) in [7, 11) is 0. The third-order valence-corrected chi connectivity index (χ3v) is 3.45. The van der Waals surface area contributed by atoms with Crippen LogP contribution < -0.4 is 0 Å². The van der Waals surface area contributed by atoms with Crippen LogP contribution >= 0.6 is 23.2 Å². The number of nitrogens with zero attached hydrogens (tertiary/aromatic N) is 1. The first-order valence-electron chi connectivity index (χ1n) is 5.20. The lowest BCUT2D eigenvalue weighted by atomic mass is 10.0. The molecule has 0 spiro atoms. The number of hydrogen-bond donors (Lipinski definition) is 0. The van der Waals surface area contributed by atoms with Gasteiger partial charge in [-0.2, -0.15) is 0 Å². The average molecular weight is 282 g/mol. The summed E-state index contributed by atoms with van der Waals surface area (Å²) in [5.74, 6) is 0. The van der Waals surface area contributed by atoms with Crippen molar-refractivity contribution in [3.05, 3.63) is 62.1 Å². The Morgan fingerprint density at radius 3 is 2.22 bits per heavy atom. The van der Waals surface area contributed by atoms with Crippen molar-refractivity contribution >= 4 is 28.9 Å². The maximum absolute atomic E-state index is 10.8. The van der Waals surface area contributed by atoms with Crippen LogP contribution in [0, 0.1) is 17.0 Å². The second-order valence-electron chi connectivity index (χ2n) is 3.84. The van der Waals surface area contributed by atoms with Gasteiger partial charge in [-0.3, -0.25) is 10.1 Å². The van der Waals surface area contributed by atoms with Crippen LogP contribution in [0.25, 0.3) is 11.1 Å². The van der Waals surface area contributed by atoms with Crippen molar-refractivity contribution in [3.63, 3.8) is 0 Å². The monoisotopic (exact) mass is 281 g/mol. The number of benzene rings is 2. The van der Waals surface area contributed by atoms with Gasteiger partial charge in [-0.1, -0.05) is 35.3 Å². The zero-order valence-corrected chi connectivity index (χ0v) is 11.0. The molecule has 18 heavy (non-hydrogen) atoms. The van der Waals surface area contributed by atoms with E-state index in [0.717, 1.165) is 11.1 Å². The summed E-state index contributed by atoms with van der Waals surface area (Å²) in [5.41, 5.74) is 2.13. The van der Waals surface area contributed by atoms with Crippen LogP contribution in [0.3, 0.4) is 0 Å². The molecule has 0 aliphatic heterocycles. The first-order chi connectivity index (χ1) is 8.50. The summed E-state index contributed by atoms with van der Waals surface area (Å²) < 4.78 is 0. The second-order valence-corrected chi connectivity index (χ2v) is 4.65. The molecule has 0 bridgehead atoms. The van der Waals surface area contributed by atoms with Crippen molar-refractivity contribution in [2.24, 2.45) is 0 Å². The predicted octanol–water partition coefficient (Wildman–Crippen LogP) is 4.88. The van der Waals surface area contributed by atoms with E-state index in [0.29, 0.717) is 15.6 Å². The van der Waals surface area contributed by atoms with Crippen molar-refractivity contribution in [1.29, 1.82) is 0 Å². The van der Waals surface area contributed by atoms with E-state index < -0.39 is 4.92 Å². The Kier molecular flexibility index (Phi) is 3.55. The van der Waals surface area contributed by atoms with E-state index in [1.165, 1.54) is 6.07 Å². The molecule has 0 heterocycles. The summed E-state index contributed by atoms with van der Waals surface area (Å²) in [6, 6.07) is 10.3. The van der Waals surface area contributed by atoms with E-state index in [2.05, 4.69) is 0 Å². The van der Waals surface area contributed by atoms with Gasteiger partial charge in [0.1, 0.15) is 0 Å². The summed E-state index contributed by atoms with van der Waals surface area (Å²) in [5, 5.41) is 11.8. The van der Waals surface area contributed by atoms with E-state index in [-0.39, 0.29) is 5.69 Å². The second kappa shape index (κ2) is 4.96. The van der Waals surface area contributed by atoms with E-state index in [9.17, 15) is 10.1 Å². The predicted molar refractivity (Wildman–Crippen MR) is 73.3 cm³/mol. The Bertz CT molecular complexity index is 609. The van der Waals surface area contributed by atoms with Crippen LogP contribution in [0.4, 0.5) is 5.69 Å². The first kappa shape index (κ1) is 12.9. The van der Waals surface area contributed by atoms with E-state index in [4.69, 9.17) is 23.2 Å². The van der Waals surface area contributed by atoms with Gasteiger partial charge in [0.05, 0.1) is 9.95 Å². The van der Waals surface area contributed by atoms with E-state index in [1.807, 2.05) is 12.1 Å². The summed E-state index contributed by atoms with van der Waals surface area (Å²) >= 11 is 12.0.